The summed E-state index contributed by atoms with van der Waals surface area (Å²) in [6.07, 6.45) is 1.28. The van der Waals surface area contributed by atoms with Gasteiger partial charge in [0, 0.05) is 48.6 Å². The van der Waals surface area contributed by atoms with Crippen molar-refractivity contribution in [2.24, 2.45) is 5.73 Å². The van der Waals surface area contributed by atoms with Crippen LogP contribution >= 0.6 is 7.60 Å². The number of nitrogens with zero attached hydrogens (tertiary/aromatic N) is 2. The monoisotopic (exact) mass is 765 g/mol. The van der Waals surface area contributed by atoms with Crippen LogP contribution in [-0.2, 0) is 30.3 Å². The molecule has 290 valence electrons. The molecular weight excluding hydrogens is 717 g/mol. The van der Waals surface area contributed by atoms with Crippen molar-refractivity contribution < 1.29 is 43.1 Å². The molecule has 2 aliphatic rings. The first-order valence-corrected chi connectivity index (χ1v) is 19.7. The lowest BCUT2D eigenvalue weighted by Crippen LogP contribution is -2.61. The molecule has 2 saturated heterocycles. The van der Waals surface area contributed by atoms with Crippen LogP contribution in [0.3, 0.4) is 0 Å². The van der Waals surface area contributed by atoms with Gasteiger partial charge in [-0.15, -0.1) is 0 Å². The van der Waals surface area contributed by atoms with Crippen LogP contribution in [0.15, 0.2) is 48.5 Å². The fraction of sp³-hybridized carbons (Fsp3) is 0.459. The van der Waals surface area contributed by atoms with Crippen LogP contribution in [0, 0.1) is 0 Å². The van der Waals surface area contributed by atoms with Gasteiger partial charge < -0.3 is 46.3 Å². The van der Waals surface area contributed by atoms with E-state index in [1.807, 2.05) is 36.1 Å². The number of rotatable bonds is 14. The first-order chi connectivity index (χ1) is 25.5. The SMILES string of the molecule is CCN1CC[C@H]2CC[C@@H](C(=O)N[C@@H](CCC(N)=O)C(=O)NCc3ccc(C(C)C)cc3)N2C(=O)[C@@H](NC(=O)c2cc3cc(C(=O)P(=O)(O)O)ccc3[nH]2)C1. The van der Waals surface area contributed by atoms with Crippen molar-refractivity contribution in [3.05, 3.63) is 70.9 Å². The average molecular weight is 766 g/mol. The quantitative estimate of drug-likeness (QED) is 0.118. The molecule has 4 atom stereocenters. The Morgan fingerprint density at radius 1 is 1.02 bits per heavy atom. The Labute approximate surface area is 312 Å². The third-order valence-electron chi connectivity index (χ3n) is 10.1. The number of nitrogens with one attached hydrogen (secondary N) is 4. The summed E-state index contributed by atoms with van der Waals surface area (Å²) in [6.45, 7) is 7.70. The molecule has 0 saturated carbocycles. The van der Waals surface area contributed by atoms with E-state index in [1.54, 1.807) is 0 Å². The third kappa shape index (κ3) is 9.61. The molecule has 2 aromatic carbocycles. The van der Waals surface area contributed by atoms with Crippen LogP contribution < -0.4 is 21.7 Å². The maximum Gasteiger partial charge on any atom is 0.396 e. The van der Waals surface area contributed by atoms with Crippen molar-refractivity contribution in [2.45, 2.75) is 89.5 Å². The summed E-state index contributed by atoms with van der Waals surface area (Å²) in [4.78, 5) is 104. The molecule has 2 aliphatic heterocycles. The molecule has 0 spiro atoms. The molecule has 8 N–H and O–H groups in total. The number of fused-ring (bicyclic) bond motifs is 2. The van der Waals surface area contributed by atoms with Crippen molar-refractivity contribution in [2.75, 3.05) is 19.6 Å². The van der Waals surface area contributed by atoms with Crippen molar-refractivity contribution in [1.82, 2.24) is 30.7 Å². The number of primary amides is 1. The van der Waals surface area contributed by atoms with E-state index in [-0.39, 0.29) is 43.2 Å². The molecule has 17 heteroatoms. The summed E-state index contributed by atoms with van der Waals surface area (Å²) in [6, 6.07) is 9.79. The summed E-state index contributed by atoms with van der Waals surface area (Å²) in [7, 11) is -5.02. The number of aromatic nitrogens is 1. The van der Waals surface area contributed by atoms with Gasteiger partial charge in [-0.05, 0) is 73.5 Å². The van der Waals surface area contributed by atoms with Crippen molar-refractivity contribution in [3.8, 4) is 0 Å². The fourth-order valence-electron chi connectivity index (χ4n) is 7.04. The summed E-state index contributed by atoms with van der Waals surface area (Å²) in [5.74, 6) is -2.42. The highest BCUT2D eigenvalue weighted by atomic mass is 31.2. The zero-order chi connectivity index (χ0) is 39.3. The molecule has 0 radical (unpaired) electrons. The molecule has 16 nitrogen and oxygen atoms in total. The van der Waals surface area contributed by atoms with Crippen molar-refractivity contribution >= 4 is 53.6 Å². The Bertz CT molecular complexity index is 1960. The van der Waals surface area contributed by atoms with Gasteiger partial charge in [0.05, 0.1) is 0 Å². The predicted octanol–water partition coefficient (Wildman–Crippen LogP) is 1.86. The molecule has 5 rings (SSSR count). The van der Waals surface area contributed by atoms with E-state index in [2.05, 4.69) is 34.8 Å². The van der Waals surface area contributed by atoms with Gasteiger partial charge in [0.15, 0.2) is 0 Å². The second-order valence-electron chi connectivity index (χ2n) is 14.2. The molecule has 2 fully saturated rings. The first kappa shape index (κ1) is 40.3. The standard InChI is InChI=1S/C37H48N7O9P/c1-4-43-16-15-26-10-13-31(35(48)41-28(12-14-32(38)45)33(46)39-19-22-5-7-23(8-6-22)21(2)3)44(26)36(49)30(20-43)42-34(47)29-18-25-17-24(9-11-27(25)40-29)37(50)54(51,52)53/h5-9,11,17-18,21,26,28,30-31,40H,4,10,12-16,19-20H2,1-3H3,(H2,38,45)(H,39,46)(H,41,48)(H,42,47)(H2,51,52,53)/t26-,28+,30+,31+/m1/s1. The van der Waals surface area contributed by atoms with Gasteiger partial charge in [-0.1, -0.05) is 45.0 Å². The number of aromatic amines is 1. The molecule has 0 bridgehead atoms. The third-order valence-corrected chi connectivity index (χ3v) is 10.9. The molecule has 3 heterocycles. The van der Waals surface area contributed by atoms with E-state index in [4.69, 9.17) is 5.73 Å². The Balaban J connectivity index is 1.31. The molecule has 5 amide bonds. The summed E-state index contributed by atoms with van der Waals surface area (Å²) in [5.41, 5.74) is 6.32. The van der Waals surface area contributed by atoms with E-state index < -0.39 is 60.8 Å². The Morgan fingerprint density at radius 2 is 1.74 bits per heavy atom. The number of hydrogen-bond donors (Lipinski definition) is 7. The van der Waals surface area contributed by atoms with E-state index in [1.165, 1.54) is 29.2 Å². The van der Waals surface area contributed by atoms with Crippen LogP contribution in [0.5, 0.6) is 0 Å². The highest BCUT2D eigenvalue weighted by Crippen LogP contribution is 2.39. The molecule has 0 aliphatic carbocycles. The van der Waals surface area contributed by atoms with Gasteiger partial charge >= 0.3 is 7.60 Å². The molecule has 3 aromatic rings. The molecule has 0 unspecified atom stereocenters. The van der Waals surface area contributed by atoms with Crippen LogP contribution in [0.4, 0.5) is 0 Å². The Kier molecular flexibility index (Phi) is 12.7. The maximum atomic E-state index is 14.3. The normalized spacial score (nSPS) is 19.9. The Morgan fingerprint density at radius 3 is 2.39 bits per heavy atom. The van der Waals surface area contributed by atoms with Gasteiger partial charge in [-0.2, -0.15) is 0 Å². The first-order valence-electron chi connectivity index (χ1n) is 18.1. The largest absolute Gasteiger partial charge is 0.396 e. The minimum Gasteiger partial charge on any atom is -0.370 e. The lowest BCUT2D eigenvalue weighted by atomic mass is 10.0. The number of hydrogen-bond acceptors (Lipinski definition) is 8. The fourth-order valence-corrected chi connectivity index (χ4v) is 7.51. The molecule has 54 heavy (non-hydrogen) atoms. The number of benzene rings is 2. The van der Waals surface area contributed by atoms with E-state index in [9.17, 15) is 43.1 Å². The number of likely N-dealkylation sites (N-methyl/N-ethyl adjacent to an activating group) is 1. The van der Waals surface area contributed by atoms with Crippen molar-refractivity contribution in [1.29, 1.82) is 0 Å². The van der Waals surface area contributed by atoms with E-state index in [0.717, 1.165) is 11.1 Å². The minimum atomic E-state index is -5.02. The number of carbonyl (C=O) groups excluding carboxylic acids is 6. The number of amides is 5. The predicted molar refractivity (Wildman–Crippen MR) is 199 cm³/mol. The van der Waals surface area contributed by atoms with Gasteiger partial charge in [0.2, 0.25) is 23.6 Å². The topological polar surface area (TPSA) is 244 Å². The van der Waals surface area contributed by atoms with Gasteiger partial charge in [-0.3, -0.25) is 33.3 Å². The zero-order valence-electron chi connectivity index (χ0n) is 30.5. The second-order valence-corrected chi connectivity index (χ2v) is 15.7. The van der Waals surface area contributed by atoms with Gasteiger partial charge in [0.1, 0.15) is 23.8 Å². The number of H-pyrrole nitrogens is 1. The zero-order valence-corrected chi connectivity index (χ0v) is 31.4. The lowest BCUT2D eigenvalue weighted by molar-refractivity contribution is -0.144. The molecular formula is C37H48N7O9P. The van der Waals surface area contributed by atoms with Crippen molar-refractivity contribution in [3.63, 3.8) is 0 Å². The summed E-state index contributed by atoms with van der Waals surface area (Å²) in [5, 5.41) is 8.77. The van der Waals surface area contributed by atoms with E-state index in [0.29, 0.717) is 49.2 Å². The maximum absolute atomic E-state index is 14.3. The van der Waals surface area contributed by atoms with Gasteiger partial charge in [-0.25, -0.2) is 0 Å². The van der Waals surface area contributed by atoms with Crippen LogP contribution in [-0.4, -0.2) is 103 Å². The second kappa shape index (κ2) is 17.1. The number of carbonyl (C=O) groups is 6. The Hall–Kier alpha value is -4.89. The van der Waals surface area contributed by atoms with Crippen LogP contribution in [0.25, 0.3) is 10.9 Å². The highest BCUT2D eigenvalue weighted by molar-refractivity contribution is 7.70. The summed E-state index contributed by atoms with van der Waals surface area (Å²) < 4.78 is 11.5. The average Bonchev–Trinajstić information content (AvgIpc) is 3.76. The summed E-state index contributed by atoms with van der Waals surface area (Å²) >= 11 is 0. The minimum absolute atomic E-state index is 0.0348. The highest BCUT2D eigenvalue weighted by Gasteiger charge is 2.45. The van der Waals surface area contributed by atoms with Gasteiger partial charge in [0.25, 0.3) is 11.4 Å². The van der Waals surface area contributed by atoms with Crippen LogP contribution in [0.2, 0.25) is 0 Å². The lowest BCUT2D eigenvalue weighted by Gasteiger charge is -2.38. The smallest absolute Gasteiger partial charge is 0.370 e. The van der Waals surface area contributed by atoms with Crippen LogP contribution in [0.1, 0.15) is 90.8 Å². The molecule has 1 aromatic heterocycles. The number of nitrogens with two attached hydrogens (primary N) is 1. The van der Waals surface area contributed by atoms with E-state index >= 15 is 0 Å².